The van der Waals surface area contributed by atoms with Crippen molar-refractivity contribution in [3.63, 3.8) is 0 Å². The molecule has 0 aromatic heterocycles. The molecule has 0 bridgehead atoms. The first kappa shape index (κ1) is 9.19. The number of hydrogen-bond donors (Lipinski definition) is 1. The number of hydrogen-bond acceptors (Lipinski definition) is 3. The molecular formula is C8H14N2O2. The van der Waals surface area contributed by atoms with Crippen molar-refractivity contribution in [1.29, 1.82) is 0 Å². The number of nitrogens with one attached hydrogen (secondary N) is 1. The van der Waals surface area contributed by atoms with E-state index in [1.807, 2.05) is 6.92 Å². The quantitative estimate of drug-likeness (QED) is 0.588. The molecular weight excluding hydrogens is 156 g/mol. The van der Waals surface area contributed by atoms with Crippen molar-refractivity contribution in [1.82, 2.24) is 5.43 Å². The van der Waals surface area contributed by atoms with Gasteiger partial charge in [0.05, 0.1) is 12.7 Å². The van der Waals surface area contributed by atoms with Gasteiger partial charge in [-0.15, -0.1) is 0 Å². The number of rotatable bonds is 1. The average Bonchev–Trinajstić information content (AvgIpc) is 2.01. The first-order valence-corrected chi connectivity index (χ1v) is 4.12. The summed E-state index contributed by atoms with van der Waals surface area (Å²) in [5.41, 5.74) is 3.45. The Morgan fingerprint density at radius 1 is 1.75 bits per heavy atom. The smallest absolute Gasteiger partial charge is 0.236 e. The Bertz CT molecular complexity index is 201. The van der Waals surface area contributed by atoms with Gasteiger partial charge in [-0.05, 0) is 6.92 Å². The van der Waals surface area contributed by atoms with Crippen LogP contribution < -0.4 is 5.43 Å². The maximum Gasteiger partial charge on any atom is 0.236 e. The van der Waals surface area contributed by atoms with Crippen molar-refractivity contribution < 1.29 is 9.53 Å². The van der Waals surface area contributed by atoms with Crippen molar-refractivity contribution in [2.45, 2.75) is 32.8 Å². The van der Waals surface area contributed by atoms with Crippen LogP contribution in [0.1, 0.15) is 26.7 Å². The third kappa shape index (κ3) is 3.00. The van der Waals surface area contributed by atoms with Crippen molar-refractivity contribution in [2.75, 3.05) is 6.61 Å². The predicted octanol–water partition coefficient (Wildman–Crippen LogP) is 0.677. The van der Waals surface area contributed by atoms with Gasteiger partial charge in [-0.25, -0.2) is 5.43 Å². The minimum Gasteiger partial charge on any atom is -0.378 e. The van der Waals surface area contributed by atoms with Crippen LogP contribution in [0.15, 0.2) is 5.10 Å². The summed E-state index contributed by atoms with van der Waals surface area (Å²) in [6.45, 7) is 4.16. The second kappa shape index (κ2) is 4.21. The van der Waals surface area contributed by atoms with E-state index in [2.05, 4.69) is 10.5 Å². The minimum atomic E-state index is -0.123. The fourth-order valence-electron chi connectivity index (χ4n) is 1.13. The van der Waals surface area contributed by atoms with E-state index in [9.17, 15) is 4.79 Å². The van der Waals surface area contributed by atoms with Gasteiger partial charge < -0.3 is 4.74 Å². The highest BCUT2D eigenvalue weighted by Gasteiger charge is 2.13. The highest BCUT2D eigenvalue weighted by molar-refractivity contribution is 5.86. The van der Waals surface area contributed by atoms with E-state index in [1.165, 1.54) is 6.92 Å². The van der Waals surface area contributed by atoms with Crippen molar-refractivity contribution in [2.24, 2.45) is 5.10 Å². The molecule has 0 radical (unpaired) electrons. The Kier molecular flexibility index (Phi) is 3.22. The summed E-state index contributed by atoms with van der Waals surface area (Å²) in [4.78, 5) is 10.5. The largest absolute Gasteiger partial charge is 0.378 e. The first-order chi connectivity index (χ1) is 5.68. The van der Waals surface area contributed by atoms with Crippen LogP contribution in [0.5, 0.6) is 0 Å². The van der Waals surface area contributed by atoms with E-state index in [0.717, 1.165) is 18.6 Å². The van der Waals surface area contributed by atoms with Crippen LogP contribution >= 0.6 is 0 Å². The van der Waals surface area contributed by atoms with E-state index in [4.69, 9.17) is 4.74 Å². The highest BCUT2D eigenvalue weighted by Crippen LogP contribution is 2.09. The lowest BCUT2D eigenvalue weighted by molar-refractivity contribution is -0.118. The molecule has 68 valence electrons. The molecule has 0 aromatic carbocycles. The van der Waals surface area contributed by atoms with Crippen molar-refractivity contribution in [3.8, 4) is 0 Å². The van der Waals surface area contributed by atoms with Gasteiger partial charge in [-0.1, -0.05) is 0 Å². The Morgan fingerprint density at radius 2 is 2.50 bits per heavy atom. The summed E-state index contributed by atoms with van der Waals surface area (Å²) in [6.07, 6.45) is 1.87. The normalized spacial score (nSPS) is 27.2. The number of carbonyl (C=O) groups excluding carboxylic acids is 1. The number of hydrazone groups is 1. The van der Waals surface area contributed by atoms with Crippen LogP contribution in [0.3, 0.4) is 0 Å². The Morgan fingerprint density at radius 3 is 3.08 bits per heavy atom. The van der Waals surface area contributed by atoms with E-state index in [-0.39, 0.29) is 12.0 Å². The zero-order chi connectivity index (χ0) is 8.97. The zero-order valence-electron chi connectivity index (χ0n) is 7.46. The molecule has 1 amide bonds. The first-order valence-electron chi connectivity index (χ1n) is 4.12. The number of carbonyl (C=O) groups is 1. The molecule has 4 heteroatoms. The molecule has 1 saturated heterocycles. The Balaban J connectivity index is 2.39. The number of nitrogens with zero attached hydrogens (tertiary/aromatic N) is 1. The summed E-state index contributed by atoms with van der Waals surface area (Å²) in [7, 11) is 0. The van der Waals surface area contributed by atoms with Gasteiger partial charge >= 0.3 is 0 Å². The van der Waals surface area contributed by atoms with Gasteiger partial charge in [0.1, 0.15) is 0 Å². The lowest BCUT2D eigenvalue weighted by Gasteiger charge is -2.19. The summed E-state index contributed by atoms with van der Waals surface area (Å²) in [5, 5.41) is 3.97. The standard InChI is InChI=1S/C8H14N2O2/c1-6-5-8(3-4-12-6)10-9-7(2)11/h6H,3-5H2,1-2H3,(H,9,11)/b10-8+. The van der Waals surface area contributed by atoms with Gasteiger partial charge in [0.2, 0.25) is 5.91 Å². The molecule has 0 saturated carbocycles. The van der Waals surface area contributed by atoms with Crippen LogP contribution in [-0.2, 0) is 9.53 Å². The predicted molar refractivity (Wildman–Crippen MR) is 45.9 cm³/mol. The van der Waals surface area contributed by atoms with Gasteiger partial charge in [-0.2, -0.15) is 5.10 Å². The molecule has 1 heterocycles. The molecule has 1 rings (SSSR count). The number of ether oxygens (including phenoxy) is 1. The molecule has 4 nitrogen and oxygen atoms in total. The zero-order valence-corrected chi connectivity index (χ0v) is 7.46. The molecule has 0 aromatic rings. The molecule has 1 N–H and O–H groups in total. The van der Waals surface area contributed by atoms with Gasteiger partial charge in [0, 0.05) is 25.5 Å². The van der Waals surface area contributed by atoms with Gasteiger partial charge in [0.25, 0.3) is 0 Å². The van der Waals surface area contributed by atoms with Crippen LogP contribution in [-0.4, -0.2) is 24.3 Å². The monoisotopic (exact) mass is 170 g/mol. The summed E-state index contributed by atoms with van der Waals surface area (Å²) in [6, 6.07) is 0. The molecule has 0 spiro atoms. The highest BCUT2D eigenvalue weighted by atomic mass is 16.5. The van der Waals surface area contributed by atoms with Gasteiger partial charge in [-0.3, -0.25) is 4.79 Å². The van der Waals surface area contributed by atoms with Crippen LogP contribution in [0.4, 0.5) is 0 Å². The van der Waals surface area contributed by atoms with Gasteiger partial charge in [0.15, 0.2) is 0 Å². The maximum atomic E-state index is 10.5. The lowest BCUT2D eigenvalue weighted by Crippen LogP contribution is -2.26. The minimum absolute atomic E-state index is 0.123. The maximum absolute atomic E-state index is 10.5. The SMILES string of the molecule is CC(=O)N/N=C1\CCOC(C)C1. The van der Waals surface area contributed by atoms with E-state index in [0.29, 0.717) is 6.61 Å². The fraction of sp³-hybridized carbons (Fsp3) is 0.750. The van der Waals surface area contributed by atoms with Crippen LogP contribution in [0.2, 0.25) is 0 Å². The van der Waals surface area contributed by atoms with E-state index >= 15 is 0 Å². The average molecular weight is 170 g/mol. The van der Waals surface area contributed by atoms with Crippen molar-refractivity contribution >= 4 is 11.6 Å². The second-order valence-corrected chi connectivity index (χ2v) is 2.98. The third-order valence-corrected chi connectivity index (χ3v) is 1.69. The molecule has 1 fully saturated rings. The van der Waals surface area contributed by atoms with Crippen molar-refractivity contribution in [3.05, 3.63) is 0 Å². The second-order valence-electron chi connectivity index (χ2n) is 2.98. The Hall–Kier alpha value is -0.900. The van der Waals surface area contributed by atoms with E-state index < -0.39 is 0 Å². The lowest BCUT2D eigenvalue weighted by atomic mass is 10.1. The molecule has 12 heavy (non-hydrogen) atoms. The molecule has 1 atom stereocenters. The molecule has 1 aliphatic heterocycles. The fourth-order valence-corrected chi connectivity index (χ4v) is 1.13. The summed E-state index contributed by atoms with van der Waals surface area (Å²) >= 11 is 0. The number of amides is 1. The van der Waals surface area contributed by atoms with Crippen LogP contribution in [0.25, 0.3) is 0 Å². The topological polar surface area (TPSA) is 50.7 Å². The summed E-state index contributed by atoms with van der Waals surface area (Å²) < 4.78 is 5.32. The molecule has 0 aliphatic carbocycles. The van der Waals surface area contributed by atoms with Crippen LogP contribution in [0, 0.1) is 0 Å². The third-order valence-electron chi connectivity index (χ3n) is 1.69. The van der Waals surface area contributed by atoms with E-state index in [1.54, 1.807) is 0 Å². The summed E-state index contributed by atoms with van der Waals surface area (Å²) in [5.74, 6) is -0.123. The molecule has 1 aliphatic rings. The molecule has 1 unspecified atom stereocenters. The Labute approximate surface area is 72.0 Å².